The van der Waals surface area contributed by atoms with Crippen LogP contribution in [0.15, 0.2) is 35.2 Å². The number of benzene rings is 1. The lowest BCUT2D eigenvalue weighted by atomic mass is 10.4. The van der Waals surface area contributed by atoms with Crippen molar-refractivity contribution in [2.75, 3.05) is 18.6 Å². The molecule has 0 saturated carbocycles. The molecule has 106 valence electrons. The van der Waals surface area contributed by atoms with Crippen LogP contribution in [0.4, 0.5) is 4.79 Å². The maximum Gasteiger partial charge on any atom is 0.328 e. The molecule has 0 bridgehead atoms. The molecular weight excluding hydrogens is 292 g/mol. The predicted molar refractivity (Wildman–Crippen MR) is 69.9 cm³/mol. The molecule has 1 aromatic rings. The minimum atomic E-state index is -3.94. The highest BCUT2D eigenvalue weighted by Crippen LogP contribution is 2.06. The van der Waals surface area contributed by atoms with Gasteiger partial charge in [-0.05, 0) is 12.1 Å². The molecule has 0 radical (unpaired) electrons. The van der Waals surface area contributed by atoms with E-state index in [2.05, 4.69) is 5.32 Å². The maximum atomic E-state index is 11.7. The number of rotatable bonds is 5. The number of carbonyl (C=O) groups is 1. The Kier molecular flexibility index (Phi) is 4.90. The van der Waals surface area contributed by atoms with Gasteiger partial charge in [-0.25, -0.2) is 26.4 Å². The lowest BCUT2D eigenvalue weighted by Crippen LogP contribution is -2.41. The number of hydrogen-bond acceptors (Lipinski definition) is 5. The molecule has 9 heteroatoms. The Morgan fingerprint density at radius 1 is 1.11 bits per heavy atom. The van der Waals surface area contributed by atoms with E-state index in [4.69, 9.17) is 0 Å². The number of hydrogen-bond donors (Lipinski definition) is 2. The molecule has 0 aromatic heterocycles. The third-order valence-electron chi connectivity index (χ3n) is 2.04. The predicted octanol–water partition coefficient (Wildman–Crippen LogP) is -0.281. The molecule has 0 aliphatic heterocycles. The van der Waals surface area contributed by atoms with E-state index in [9.17, 15) is 21.6 Å². The summed E-state index contributed by atoms with van der Waals surface area (Å²) in [7, 11) is -7.14. The summed E-state index contributed by atoms with van der Waals surface area (Å²) in [5, 5.41) is 2.16. The topological polar surface area (TPSA) is 109 Å². The van der Waals surface area contributed by atoms with Crippen molar-refractivity contribution < 1.29 is 21.6 Å². The Morgan fingerprint density at radius 2 is 1.68 bits per heavy atom. The van der Waals surface area contributed by atoms with E-state index >= 15 is 0 Å². The Balaban J connectivity index is 2.58. The SMILES string of the molecule is CS(=O)(=O)CCNC(=O)NS(=O)(=O)c1ccccc1. The van der Waals surface area contributed by atoms with E-state index in [0.29, 0.717) is 0 Å². The van der Waals surface area contributed by atoms with Gasteiger partial charge < -0.3 is 5.32 Å². The zero-order chi connectivity index (χ0) is 14.5. The van der Waals surface area contributed by atoms with Gasteiger partial charge in [0.15, 0.2) is 0 Å². The Labute approximate surface area is 112 Å². The van der Waals surface area contributed by atoms with Crippen LogP contribution in [0.3, 0.4) is 0 Å². The molecule has 0 aliphatic rings. The van der Waals surface area contributed by atoms with Crippen LogP contribution in [0.5, 0.6) is 0 Å². The van der Waals surface area contributed by atoms with Gasteiger partial charge in [0.1, 0.15) is 9.84 Å². The van der Waals surface area contributed by atoms with E-state index in [1.807, 2.05) is 0 Å². The molecule has 1 aromatic carbocycles. The molecule has 19 heavy (non-hydrogen) atoms. The van der Waals surface area contributed by atoms with E-state index in [-0.39, 0.29) is 17.2 Å². The molecule has 0 atom stereocenters. The summed E-state index contributed by atoms with van der Waals surface area (Å²) in [4.78, 5) is 11.3. The molecule has 0 fully saturated rings. The number of carbonyl (C=O) groups excluding carboxylic acids is 1. The number of nitrogens with one attached hydrogen (secondary N) is 2. The van der Waals surface area contributed by atoms with Gasteiger partial charge >= 0.3 is 6.03 Å². The highest BCUT2D eigenvalue weighted by molar-refractivity contribution is 7.90. The Bertz CT molecular complexity index is 638. The smallest absolute Gasteiger partial charge is 0.328 e. The van der Waals surface area contributed by atoms with Crippen LogP contribution in [0.2, 0.25) is 0 Å². The minimum absolute atomic E-state index is 0.0479. The average molecular weight is 306 g/mol. The van der Waals surface area contributed by atoms with Crippen molar-refractivity contribution in [3.63, 3.8) is 0 Å². The van der Waals surface area contributed by atoms with Crippen LogP contribution in [0.1, 0.15) is 0 Å². The maximum absolute atomic E-state index is 11.7. The van der Waals surface area contributed by atoms with E-state index < -0.39 is 25.9 Å². The summed E-state index contributed by atoms with van der Waals surface area (Å²) in [5.41, 5.74) is 0. The molecular formula is C10H14N2O5S2. The van der Waals surface area contributed by atoms with Crippen molar-refractivity contribution in [2.24, 2.45) is 0 Å². The monoisotopic (exact) mass is 306 g/mol. The van der Waals surface area contributed by atoms with Crippen LogP contribution in [-0.4, -0.2) is 41.4 Å². The van der Waals surface area contributed by atoms with E-state index in [0.717, 1.165) is 6.26 Å². The zero-order valence-electron chi connectivity index (χ0n) is 10.2. The highest BCUT2D eigenvalue weighted by atomic mass is 32.2. The van der Waals surface area contributed by atoms with Gasteiger partial charge in [-0.3, -0.25) is 0 Å². The van der Waals surface area contributed by atoms with Gasteiger partial charge in [-0.1, -0.05) is 18.2 Å². The first kappa shape index (κ1) is 15.4. The third kappa shape index (κ3) is 5.71. The summed E-state index contributed by atoms with van der Waals surface area (Å²) >= 11 is 0. The number of amides is 2. The standard InChI is InChI=1S/C10H14N2O5S2/c1-18(14,15)8-7-11-10(13)12-19(16,17)9-5-3-2-4-6-9/h2-6H,7-8H2,1H3,(H2,11,12,13). The highest BCUT2D eigenvalue weighted by Gasteiger charge is 2.16. The summed E-state index contributed by atoms with van der Waals surface area (Å²) in [6.45, 7) is -0.158. The molecule has 2 N–H and O–H groups in total. The van der Waals surface area contributed by atoms with Crippen molar-refractivity contribution >= 4 is 25.9 Å². The summed E-state index contributed by atoms with van der Waals surface area (Å²) in [6.07, 6.45) is 1.02. The quantitative estimate of drug-likeness (QED) is 0.777. The molecule has 7 nitrogen and oxygen atoms in total. The lowest BCUT2D eigenvalue weighted by Gasteiger charge is -2.08. The lowest BCUT2D eigenvalue weighted by molar-refractivity contribution is 0.246. The summed E-state index contributed by atoms with van der Waals surface area (Å²) < 4.78 is 46.9. The second kappa shape index (κ2) is 6.02. The second-order valence-corrected chi connectivity index (χ2v) is 7.75. The van der Waals surface area contributed by atoms with Gasteiger partial charge in [-0.15, -0.1) is 0 Å². The van der Waals surface area contributed by atoms with Gasteiger partial charge in [-0.2, -0.15) is 0 Å². The van der Waals surface area contributed by atoms with Gasteiger partial charge in [0.05, 0.1) is 10.6 Å². The Morgan fingerprint density at radius 3 is 2.21 bits per heavy atom. The van der Waals surface area contributed by atoms with Crippen molar-refractivity contribution in [1.82, 2.24) is 10.0 Å². The number of sulfone groups is 1. The molecule has 2 amide bonds. The van der Waals surface area contributed by atoms with E-state index in [1.54, 1.807) is 10.8 Å². The fourth-order valence-electron chi connectivity index (χ4n) is 1.17. The van der Waals surface area contributed by atoms with Crippen molar-refractivity contribution in [2.45, 2.75) is 4.90 Å². The van der Waals surface area contributed by atoms with Crippen LogP contribution < -0.4 is 10.0 Å². The van der Waals surface area contributed by atoms with Crippen LogP contribution in [0.25, 0.3) is 0 Å². The van der Waals surface area contributed by atoms with Crippen LogP contribution in [-0.2, 0) is 19.9 Å². The van der Waals surface area contributed by atoms with Crippen LogP contribution in [0, 0.1) is 0 Å². The zero-order valence-corrected chi connectivity index (χ0v) is 11.8. The number of sulfonamides is 1. The van der Waals surface area contributed by atoms with Crippen molar-refractivity contribution in [1.29, 1.82) is 0 Å². The molecule has 0 saturated heterocycles. The van der Waals surface area contributed by atoms with Gasteiger partial charge in [0.2, 0.25) is 0 Å². The average Bonchev–Trinajstić information content (AvgIpc) is 2.27. The first-order valence-corrected chi connectivity index (χ1v) is 8.78. The molecule has 1 rings (SSSR count). The first-order valence-electron chi connectivity index (χ1n) is 5.24. The van der Waals surface area contributed by atoms with E-state index in [1.165, 1.54) is 24.3 Å². The number of urea groups is 1. The normalized spacial score (nSPS) is 11.8. The summed E-state index contributed by atoms with van der Waals surface area (Å²) in [6, 6.07) is 6.41. The second-order valence-electron chi connectivity index (χ2n) is 3.80. The summed E-state index contributed by atoms with van der Waals surface area (Å²) in [5.74, 6) is -0.258. The van der Waals surface area contributed by atoms with Gasteiger partial charge in [0, 0.05) is 12.8 Å². The third-order valence-corrected chi connectivity index (χ3v) is 4.33. The Hall–Kier alpha value is -1.61. The molecule has 0 unspecified atom stereocenters. The molecule has 0 heterocycles. The fraction of sp³-hybridized carbons (Fsp3) is 0.300. The van der Waals surface area contributed by atoms with Crippen molar-refractivity contribution in [3.8, 4) is 0 Å². The molecule has 0 spiro atoms. The van der Waals surface area contributed by atoms with Crippen LogP contribution >= 0.6 is 0 Å². The van der Waals surface area contributed by atoms with Gasteiger partial charge in [0.25, 0.3) is 10.0 Å². The molecule has 0 aliphatic carbocycles. The fourth-order valence-corrected chi connectivity index (χ4v) is 2.59. The first-order chi connectivity index (χ1) is 8.71. The largest absolute Gasteiger partial charge is 0.336 e. The van der Waals surface area contributed by atoms with Crippen molar-refractivity contribution in [3.05, 3.63) is 30.3 Å². The minimum Gasteiger partial charge on any atom is -0.336 e.